The second kappa shape index (κ2) is 7.60. The minimum absolute atomic E-state index is 0.111. The average molecular weight is 302 g/mol. The first-order valence-electron chi connectivity index (χ1n) is 7.28. The van der Waals surface area contributed by atoms with Crippen LogP contribution in [0.2, 0.25) is 0 Å². The van der Waals surface area contributed by atoms with Crippen molar-refractivity contribution in [2.24, 2.45) is 0 Å². The third kappa shape index (κ3) is 5.96. The van der Waals surface area contributed by atoms with Gasteiger partial charge in [0.2, 0.25) is 0 Å². The second-order valence-corrected chi connectivity index (χ2v) is 6.07. The second-order valence-electron chi connectivity index (χ2n) is 6.07. The van der Waals surface area contributed by atoms with E-state index in [0.717, 1.165) is 0 Å². The monoisotopic (exact) mass is 302 g/mol. The Kier molecular flexibility index (Phi) is 6.11. The van der Waals surface area contributed by atoms with Crippen LogP contribution < -0.4 is 5.32 Å². The van der Waals surface area contributed by atoms with Crippen molar-refractivity contribution in [3.63, 3.8) is 0 Å². The molecule has 1 N–H and O–H groups in total. The molecule has 0 radical (unpaired) electrons. The zero-order chi connectivity index (χ0) is 16.8. The Morgan fingerprint density at radius 2 is 2.05 bits per heavy atom. The summed E-state index contributed by atoms with van der Waals surface area (Å²) in [5.74, 6) is -0.111. The summed E-state index contributed by atoms with van der Waals surface area (Å²) in [6.07, 6.45) is 0.256. The van der Waals surface area contributed by atoms with Crippen molar-refractivity contribution >= 4 is 11.9 Å². The normalized spacial score (nSPS) is 12.1. The van der Waals surface area contributed by atoms with Gasteiger partial charge in [0.25, 0.3) is 0 Å². The first kappa shape index (κ1) is 17.7. The maximum absolute atomic E-state index is 12.2. The molecule has 1 rings (SSSR count). The lowest BCUT2D eigenvalue weighted by Crippen LogP contribution is -2.39. The van der Waals surface area contributed by atoms with E-state index in [9.17, 15) is 9.59 Å². The summed E-state index contributed by atoms with van der Waals surface area (Å²) >= 11 is 0. The van der Waals surface area contributed by atoms with E-state index in [0.29, 0.717) is 17.5 Å². The highest BCUT2D eigenvalue weighted by Gasteiger charge is 2.20. The van der Waals surface area contributed by atoms with Gasteiger partial charge in [0.1, 0.15) is 5.60 Å². The number of nitrogens with one attached hydrogen (secondary N) is 1. The molecule has 0 aliphatic carbocycles. The lowest BCUT2D eigenvalue weighted by Gasteiger charge is -2.22. The number of ether oxygens (including phenoxy) is 1. The van der Waals surface area contributed by atoms with Gasteiger partial charge < -0.3 is 10.1 Å². The van der Waals surface area contributed by atoms with Crippen LogP contribution in [0.25, 0.3) is 0 Å². The number of hydrogen-bond donors (Lipinski definition) is 1. The van der Waals surface area contributed by atoms with Crippen molar-refractivity contribution in [2.75, 3.05) is 0 Å². The molecule has 0 bridgehead atoms. The Morgan fingerprint density at radius 3 is 2.59 bits per heavy atom. The predicted molar refractivity (Wildman–Crippen MR) is 83.6 cm³/mol. The zero-order valence-corrected chi connectivity index (χ0v) is 13.5. The number of nitriles is 1. The van der Waals surface area contributed by atoms with Crippen LogP contribution in [0.3, 0.4) is 0 Å². The molecule has 5 heteroatoms. The van der Waals surface area contributed by atoms with Gasteiger partial charge in [-0.2, -0.15) is 5.26 Å². The Bertz CT molecular complexity index is 582. The molecule has 1 atom stereocenters. The molecular weight excluding hydrogens is 280 g/mol. The molecule has 0 aliphatic heterocycles. The Labute approximate surface area is 131 Å². The molecule has 1 aromatic carbocycles. The molecule has 0 aromatic heterocycles. The van der Waals surface area contributed by atoms with Crippen LogP contribution in [-0.4, -0.2) is 23.5 Å². The van der Waals surface area contributed by atoms with E-state index >= 15 is 0 Å². The molecule has 0 aliphatic rings. The molecule has 1 unspecified atom stereocenters. The number of carbonyl (C=O) groups is 2. The van der Waals surface area contributed by atoms with E-state index in [4.69, 9.17) is 10.00 Å². The molecule has 0 saturated carbocycles. The van der Waals surface area contributed by atoms with E-state index in [1.165, 1.54) is 0 Å². The Balaban J connectivity index is 2.67. The number of nitrogens with zero attached hydrogens (tertiary/aromatic N) is 1. The number of carbonyl (C=O) groups excluding carboxylic acids is 2. The molecule has 0 spiro atoms. The number of hydrogen-bond acceptors (Lipinski definition) is 4. The molecule has 5 nitrogen and oxygen atoms in total. The summed E-state index contributed by atoms with van der Waals surface area (Å²) in [6, 6.07) is 8.26. The van der Waals surface area contributed by atoms with Crippen LogP contribution in [0.15, 0.2) is 24.3 Å². The molecular formula is C17H22N2O3. The van der Waals surface area contributed by atoms with Crippen molar-refractivity contribution < 1.29 is 14.3 Å². The molecule has 0 heterocycles. The maximum atomic E-state index is 12.2. The van der Waals surface area contributed by atoms with Gasteiger partial charge >= 0.3 is 6.09 Å². The fourth-order valence-corrected chi connectivity index (χ4v) is 1.88. The average Bonchev–Trinajstić information content (AvgIpc) is 2.44. The lowest BCUT2D eigenvalue weighted by atomic mass is 10.0. The number of alkyl carbamates (subject to hydrolysis) is 1. The third-order valence-electron chi connectivity index (χ3n) is 2.96. The van der Waals surface area contributed by atoms with Crippen molar-refractivity contribution in [1.29, 1.82) is 5.26 Å². The zero-order valence-electron chi connectivity index (χ0n) is 13.5. The van der Waals surface area contributed by atoms with E-state index in [1.54, 1.807) is 45.0 Å². The number of rotatable bonds is 5. The third-order valence-corrected chi connectivity index (χ3v) is 2.96. The molecule has 1 amide bonds. The molecule has 22 heavy (non-hydrogen) atoms. The van der Waals surface area contributed by atoms with Gasteiger partial charge in [-0.25, -0.2) is 4.79 Å². The predicted octanol–water partition coefficient (Wildman–Crippen LogP) is 3.43. The van der Waals surface area contributed by atoms with Gasteiger partial charge in [-0.05, 0) is 39.3 Å². The smallest absolute Gasteiger partial charge is 0.407 e. The van der Waals surface area contributed by atoms with Crippen LogP contribution in [0.1, 0.15) is 56.5 Å². The van der Waals surface area contributed by atoms with E-state index < -0.39 is 11.7 Å². The SMILES string of the molecule is CCC(CC(=O)c1cccc(C#N)c1)NC(=O)OC(C)(C)C. The Hall–Kier alpha value is -2.35. The summed E-state index contributed by atoms with van der Waals surface area (Å²) < 4.78 is 5.19. The van der Waals surface area contributed by atoms with Crippen molar-refractivity contribution in [3.05, 3.63) is 35.4 Å². The van der Waals surface area contributed by atoms with Crippen LogP contribution in [0.5, 0.6) is 0 Å². The summed E-state index contributed by atoms with van der Waals surface area (Å²) in [5.41, 5.74) is 0.343. The largest absolute Gasteiger partial charge is 0.444 e. The fraction of sp³-hybridized carbons (Fsp3) is 0.471. The first-order valence-corrected chi connectivity index (χ1v) is 7.28. The summed E-state index contributed by atoms with van der Waals surface area (Å²) in [5, 5.41) is 11.6. The first-order chi connectivity index (χ1) is 10.2. The van der Waals surface area contributed by atoms with Crippen LogP contribution in [-0.2, 0) is 4.74 Å². The van der Waals surface area contributed by atoms with Gasteiger partial charge in [-0.1, -0.05) is 19.1 Å². The van der Waals surface area contributed by atoms with Crippen molar-refractivity contribution in [3.8, 4) is 6.07 Å². The molecule has 1 aromatic rings. The summed E-state index contributed by atoms with van der Waals surface area (Å²) in [4.78, 5) is 24.0. The van der Waals surface area contributed by atoms with Gasteiger partial charge in [0.05, 0.1) is 11.6 Å². The molecule has 0 saturated heterocycles. The Morgan fingerprint density at radius 1 is 1.36 bits per heavy atom. The quantitative estimate of drug-likeness (QED) is 0.845. The highest BCUT2D eigenvalue weighted by Crippen LogP contribution is 2.12. The highest BCUT2D eigenvalue weighted by molar-refractivity contribution is 5.96. The molecule has 118 valence electrons. The number of amides is 1. The van der Waals surface area contributed by atoms with Gasteiger partial charge in [0, 0.05) is 18.0 Å². The minimum Gasteiger partial charge on any atom is -0.444 e. The molecule has 0 fully saturated rings. The van der Waals surface area contributed by atoms with Gasteiger partial charge in [0.15, 0.2) is 5.78 Å². The van der Waals surface area contributed by atoms with Crippen LogP contribution in [0, 0.1) is 11.3 Å². The lowest BCUT2D eigenvalue weighted by molar-refractivity contribution is 0.0500. The van der Waals surface area contributed by atoms with E-state index in [-0.39, 0.29) is 18.2 Å². The summed E-state index contributed by atoms with van der Waals surface area (Å²) in [6.45, 7) is 7.24. The van der Waals surface area contributed by atoms with E-state index in [1.807, 2.05) is 13.0 Å². The topological polar surface area (TPSA) is 79.2 Å². The standard InChI is InChI=1S/C17H22N2O3/c1-5-14(19-16(21)22-17(2,3)4)10-15(20)13-8-6-7-12(9-13)11-18/h6-9,14H,5,10H2,1-4H3,(H,19,21). The van der Waals surface area contributed by atoms with Crippen LogP contribution in [0.4, 0.5) is 4.79 Å². The van der Waals surface area contributed by atoms with Crippen molar-refractivity contribution in [2.45, 2.75) is 52.2 Å². The minimum atomic E-state index is -0.576. The number of ketones is 1. The van der Waals surface area contributed by atoms with Gasteiger partial charge in [-0.15, -0.1) is 0 Å². The van der Waals surface area contributed by atoms with Gasteiger partial charge in [-0.3, -0.25) is 4.79 Å². The summed E-state index contributed by atoms with van der Waals surface area (Å²) in [7, 11) is 0. The van der Waals surface area contributed by atoms with Crippen molar-refractivity contribution in [1.82, 2.24) is 5.32 Å². The van der Waals surface area contributed by atoms with Crippen LogP contribution >= 0.6 is 0 Å². The highest BCUT2D eigenvalue weighted by atomic mass is 16.6. The number of Topliss-reactive ketones (excluding diaryl/α,β-unsaturated/α-hetero) is 1. The maximum Gasteiger partial charge on any atom is 0.407 e. The van der Waals surface area contributed by atoms with E-state index in [2.05, 4.69) is 5.32 Å². The fourth-order valence-electron chi connectivity index (χ4n) is 1.88. The number of benzene rings is 1.